The van der Waals surface area contributed by atoms with Gasteiger partial charge in [-0.25, -0.2) is 0 Å². The predicted molar refractivity (Wildman–Crippen MR) is 97.2 cm³/mol. The first-order valence-electron chi connectivity index (χ1n) is 8.30. The molecule has 0 bridgehead atoms. The lowest BCUT2D eigenvalue weighted by atomic mass is 10.1. The quantitative estimate of drug-likeness (QED) is 0.923. The van der Waals surface area contributed by atoms with E-state index in [4.69, 9.17) is 0 Å². The van der Waals surface area contributed by atoms with E-state index in [0.717, 1.165) is 37.6 Å². The zero-order valence-electron chi connectivity index (χ0n) is 15.1. The Labute approximate surface area is 140 Å². The van der Waals surface area contributed by atoms with Crippen LogP contribution in [0.1, 0.15) is 20.8 Å². The third-order valence-corrected chi connectivity index (χ3v) is 4.10. The Balaban J connectivity index is 1.91. The van der Waals surface area contributed by atoms with Crippen molar-refractivity contribution in [2.75, 3.05) is 57.0 Å². The molecule has 1 N–H and O–H groups in total. The zero-order valence-corrected chi connectivity index (χ0v) is 15.1. The normalized spacial score (nSPS) is 17.1. The van der Waals surface area contributed by atoms with Gasteiger partial charge in [0.2, 0.25) is 5.91 Å². The monoisotopic (exact) mass is 318 g/mol. The number of carbonyl (C=O) groups excluding carboxylic acids is 1. The van der Waals surface area contributed by atoms with Gasteiger partial charge in [0.05, 0.1) is 6.54 Å². The third-order valence-electron chi connectivity index (χ3n) is 4.10. The van der Waals surface area contributed by atoms with Crippen molar-refractivity contribution in [1.82, 2.24) is 9.80 Å². The van der Waals surface area contributed by atoms with Gasteiger partial charge in [-0.05, 0) is 52.1 Å². The molecule has 0 atom stereocenters. The summed E-state index contributed by atoms with van der Waals surface area (Å²) in [4.78, 5) is 18.7. The molecule has 1 amide bonds. The van der Waals surface area contributed by atoms with Crippen LogP contribution in [0.3, 0.4) is 0 Å². The van der Waals surface area contributed by atoms with Crippen LogP contribution in [0.15, 0.2) is 24.3 Å². The first kappa shape index (κ1) is 17.8. The van der Waals surface area contributed by atoms with Gasteiger partial charge in [-0.3, -0.25) is 9.69 Å². The molecule has 0 saturated carbocycles. The minimum Gasteiger partial charge on any atom is -0.380 e. The second kappa shape index (κ2) is 7.32. The average molecular weight is 318 g/mol. The summed E-state index contributed by atoms with van der Waals surface area (Å²) in [5, 5.41) is 3.43. The van der Waals surface area contributed by atoms with Crippen molar-refractivity contribution in [3.8, 4) is 0 Å². The summed E-state index contributed by atoms with van der Waals surface area (Å²) in [5.74, 6) is 0.145. The van der Waals surface area contributed by atoms with E-state index in [1.54, 1.807) is 4.90 Å². The van der Waals surface area contributed by atoms with Crippen LogP contribution in [0.25, 0.3) is 0 Å². The number of hydrogen-bond acceptors (Lipinski definition) is 4. The van der Waals surface area contributed by atoms with E-state index in [1.807, 2.05) is 31.3 Å². The van der Waals surface area contributed by atoms with Crippen molar-refractivity contribution in [1.29, 1.82) is 0 Å². The Morgan fingerprint density at radius 2 is 1.70 bits per heavy atom. The van der Waals surface area contributed by atoms with Crippen LogP contribution >= 0.6 is 0 Å². The van der Waals surface area contributed by atoms with Gasteiger partial charge in [0.1, 0.15) is 0 Å². The molecule has 1 aromatic carbocycles. The second-order valence-electron chi connectivity index (χ2n) is 7.45. The lowest BCUT2D eigenvalue weighted by molar-refractivity contribution is -0.119. The van der Waals surface area contributed by atoms with Gasteiger partial charge in [0.15, 0.2) is 0 Å². The molecule has 1 aliphatic heterocycles. The minimum atomic E-state index is 0.0324. The lowest BCUT2D eigenvalue weighted by Gasteiger charge is -2.32. The van der Waals surface area contributed by atoms with Gasteiger partial charge in [0, 0.05) is 50.1 Å². The Kier molecular flexibility index (Phi) is 5.65. The van der Waals surface area contributed by atoms with Crippen LogP contribution in [-0.2, 0) is 4.79 Å². The molecule has 128 valence electrons. The first-order chi connectivity index (χ1) is 10.7. The third kappa shape index (κ3) is 5.52. The van der Waals surface area contributed by atoms with Crippen LogP contribution in [0, 0.1) is 0 Å². The molecule has 1 fully saturated rings. The summed E-state index contributed by atoms with van der Waals surface area (Å²) in [5.41, 5.74) is 2.04. The number of amides is 1. The Bertz CT molecular complexity index is 513. The van der Waals surface area contributed by atoms with E-state index in [0.29, 0.717) is 6.54 Å². The van der Waals surface area contributed by atoms with Gasteiger partial charge in [-0.2, -0.15) is 0 Å². The van der Waals surface area contributed by atoms with Crippen LogP contribution < -0.4 is 10.2 Å². The van der Waals surface area contributed by atoms with Crippen LogP contribution in [-0.4, -0.2) is 68.1 Å². The topological polar surface area (TPSA) is 38.8 Å². The number of hydrogen-bond donors (Lipinski definition) is 1. The number of benzene rings is 1. The van der Waals surface area contributed by atoms with Crippen molar-refractivity contribution in [3.05, 3.63) is 24.3 Å². The fraction of sp³-hybridized carbons (Fsp3) is 0.611. The fourth-order valence-electron chi connectivity index (χ4n) is 2.65. The molecule has 1 aromatic rings. The molecular weight excluding hydrogens is 288 g/mol. The lowest BCUT2D eigenvalue weighted by Crippen LogP contribution is -2.48. The smallest absolute Gasteiger partial charge is 0.240 e. The van der Waals surface area contributed by atoms with E-state index in [1.165, 1.54) is 0 Å². The van der Waals surface area contributed by atoms with E-state index in [2.05, 4.69) is 42.9 Å². The summed E-state index contributed by atoms with van der Waals surface area (Å²) < 4.78 is 0. The summed E-state index contributed by atoms with van der Waals surface area (Å²) in [7, 11) is 3.98. The molecule has 0 aliphatic carbocycles. The SMILES string of the molecule is CN1CCN(CC(=O)N(C)c2ccc(NC(C)(C)C)cc2)CC1. The standard InChI is InChI=1S/C18H30N4O/c1-18(2,3)19-15-6-8-16(9-7-15)21(5)17(23)14-22-12-10-20(4)11-13-22/h6-9,19H,10-14H2,1-5H3. The van der Waals surface area contributed by atoms with Crippen LogP contribution in [0.4, 0.5) is 11.4 Å². The largest absolute Gasteiger partial charge is 0.380 e. The zero-order chi connectivity index (χ0) is 17.0. The first-order valence-corrected chi connectivity index (χ1v) is 8.30. The highest BCUT2D eigenvalue weighted by molar-refractivity contribution is 5.94. The average Bonchev–Trinajstić information content (AvgIpc) is 2.48. The molecule has 1 aliphatic rings. The molecule has 0 unspecified atom stereocenters. The summed E-state index contributed by atoms with van der Waals surface area (Å²) in [6.07, 6.45) is 0. The van der Waals surface area contributed by atoms with Gasteiger partial charge in [-0.15, -0.1) is 0 Å². The highest BCUT2D eigenvalue weighted by atomic mass is 16.2. The summed E-state index contributed by atoms with van der Waals surface area (Å²) in [6.45, 7) is 10.9. The minimum absolute atomic E-state index is 0.0324. The maximum absolute atomic E-state index is 12.5. The maximum Gasteiger partial charge on any atom is 0.240 e. The number of nitrogens with one attached hydrogen (secondary N) is 1. The maximum atomic E-state index is 12.5. The van der Waals surface area contributed by atoms with Crippen LogP contribution in [0.2, 0.25) is 0 Å². The van der Waals surface area contributed by atoms with E-state index in [9.17, 15) is 4.79 Å². The number of rotatable bonds is 4. The van der Waals surface area contributed by atoms with Gasteiger partial charge >= 0.3 is 0 Å². The molecule has 1 saturated heterocycles. The Morgan fingerprint density at radius 1 is 1.13 bits per heavy atom. The molecule has 5 heteroatoms. The van der Waals surface area contributed by atoms with Gasteiger partial charge in [0.25, 0.3) is 0 Å². The van der Waals surface area contributed by atoms with Gasteiger partial charge < -0.3 is 15.1 Å². The summed E-state index contributed by atoms with van der Waals surface area (Å²) in [6, 6.07) is 8.05. The van der Waals surface area contributed by atoms with E-state index in [-0.39, 0.29) is 11.4 Å². The second-order valence-corrected chi connectivity index (χ2v) is 7.45. The predicted octanol–water partition coefficient (Wildman–Crippen LogP) is 2.11. The fourth-order valence-corrected chi connectivity index (χ4v) is 2.65. The van der Waals surface area contributed by atoms with Crippen molar-refractivity contribution in [2.45, 2.75) is 26.3 Å². The number of nitrogens with zero attached hydrogens (tertiary/aromatic N) is 3. The number of likely N-dealkylation sites (N-methyl/N-ethyl adjacent to an activating group) is 2. The molecule has 0 spiro atoms. The molecule has 2 rings (SSSR count). The van der Waals surface area contributed by atoms with Crippen molar-refractivity contribution in [3.63, 3.8) is 0 Å². The molecule has 1 heterocycles. The number of anilines is 2. The molecule has 23 heavy (non-hydrogen) atoms. The van der Waals surface area contributed by atoms with Crippen molar-refractivity contribution >= 4 is 17.3 Å². The van der Waals surface area contributed by atoms with Crippen molar-refractivity contribution in [2.24, 2.45) is 0 Å². The Hall–Kier alpha value is -1.59. The summed E-state index contributed by atoms with van der Waals surface area (Å²) >= 11 is 0. The highest BCUT2D eigenvalue weighted by Gasteiger charge is 2.19. The van der Waals surface area contributed by atoms with Gasteiger partial charge in [-0.1, -0.05) is 0 Å². The van der Waals surface area contributed by atoms with Crippen molar-refractivity contribution < 1.29 is 4.79 Å². The molecule has 5 nitrogen and oxygen atoms in total. The number of piperazine rings is 1. The van der Waals surface area contributed by atoms with E-state index >= 15 is 0 Å². The Morgan fingerprint density at radius 3 is 2.22 bits per heavy atom. The molecular formula is C18H30N4O. The molecule has 0 radical (unpaired) electrons. The van der Waals surface area contributed by atoms with E-state index < -0.39 is 0 Å². The number of carbonyl (C=O) groups is 1. The molecule has 0 aromatic heterocycles. The highest BCUT2D eigenvalue weighted by Crippen LogP contribution is 2.20. The van der Waals surface area contributed by atoms with Crippen LogP contribution in [0.5, 0.6) is 0 Å².